The van der Waals surface area contributed by atoms with Gasteiger partial charge in [0, 0.05) is 22.0 Å². The molecule has 0 radical (unpaired) electrons. The van der Waals surface area contributed by atoms with Gasteiger partial charge >= 0.3 is 0 Å². The number of rotatable bonds is 2. The molecule has 4 aromatic rings. The Morgan fingerprint density at radius 1 is 0.964 bits per heavy atom. The van der Waals surface area contributed by atoms with E-state index in [1.807, 2.05) is 18.2 Å². The van der Waals surface area contributed by atoms with E-state index in [-0.39, 0.29) is 0 Å². The SMILES string of the molecule is [C-]#[N+]c1ccc2c(c1)oc1c(-c3cc(C)c([Si](C)(C)C)c[n+]3C)c(C)ccc12. The monoisotopic (exact) mass is 385 g/mol. The Balaban J connectivity index is 2.05. The minimum Gasteiger partial charge on any atom is -0.456 e. The normalized spacial score (nSPS) is 11.9. The lowest BCUT2D eigenvalue weighted by atomic mass is 10.00. The van der Waals surface area contributed by atoms with E-state index < -0.39 is 8.07 Å². The summed E-state index contributed by atoms with van der Waals surface area (Å²) in [5, 5.41) is 3.63. The van der Waals surface area contributed by atoms with E-state index in [2.05, 4.69) is 74.3 Å². The second kappa shape index (κ2) is 6.32. The molecule has 0 aliphatic carbocycles. The molecule has 0 unspecified atom stereocenters. The van der Waals surface area contributed by atoms with Crippen LogP contribution in [0.4, 0.5) is 5.69 Å². The first kappa shape index (κ1) is 18.5. The summed E-state index contributed by atoms with van der Waals surface area (Å²) in [5.41, 5.74) is 7.09. The van der Waals surface area contributed by atoms with Crippen LogP contribution in [-0.4, -0.2) is 8.07 Å². The van der Waals surface area contributed by atoms with Crippen molar-refractivity contribution in [3.05, 3.63) is 65.1 Å². The van der Waals surface area contributed by atoms with Gasteiger partial charge in [0.25, 0.3) is 0 Å². The zero-order valence-electron chi connectivity index (χ0n) is 17.3. The highest BCUT2D eigenvalue weighted by atomic mass is 28.3. The Hall–Kier alpha value is -2.90. The van der Waals surface area contributed by atoms with Crippen LogP contribution in [0, 0.1) is 20.4 Å². The number of aryl methyl sites for hydroxylation is 3. The Morgan fingerprint density at radius 2 is 1.68 bits per heavy atom. The van der Waals surface area contributed by atoms with Gasteiger partial charge in [0.15, 0.2) is 11.9 Å². The summed E-state index contributed by atoms with van der Waals surface area (Å²) in [7, 11) is 0.712. The van der Waals surface area contributed by atoms with Crippen LogP contribution in [0.1, 0.15) is 11.1 Å². The predicted molar refractivity (Wildman–Crippen MR) is 119 cm³/mol. The second-order valence-corrected chi connectivity index (χ2v) is 13.7. The van der Waals surface area contributed by atoms with E-state index in [4.69, 9.17) is 11.0 Å². The number of aromatic nitrogens is 1. The van der Waals surface area contributed by atoms with Gasteiger partial charge in [0.2, 0.25) is 5.69 Å². The van der Waals surface area contributed by atoms with Gasteiger partial charge in [-0.1, -0.05) is 43.9 Å². The van der Waals surface area contributed by atoms with Gasteiger partial charge in [-0.2, -0.15) is 0 Å². The average molecular weight is 386 g/mol. The summed E-state index contributed by atoms with van der Waals surface area (Å²) < 4.78 is 8.54. The van der Waals surface area contributed by atoms with Crippen LogP contribution >= 0.6 is 0 Å². The first-order chi connectivity index (χ1) is 13.2. The first-order valence-corrected chi connectivity index (χ1v) is 13.0. The number of furan rings is 1. The third kappa shape index (κ3) is 2.83. The molecule has 2 heterocycles. The topological polar surface area (TPSA) is 21.4 Å². The molecule has 4 heteroatoms. The molecule has 4 rings (SSSR count). The number of pyridine rings is 1. The van der Waals surface area contributed by atoms with Crippen molar-refractivity contribution in [1.82, 2.24) is 0 Å². The number of nitrogens with zero attached hydrogens (tertiary/aromatic N) is 2. The highest BCUT2D eigenvalue weighted by Crippen LogP contribution is 2.38. The van der Waals surface area contributed by atoms with E-state index >= 15 is 0 Å². The lowest BCUT2D eigenvalue weighted by Crippen LogP contribution is -2.46. The van der Waals surface area contributed by atoms with Crippen molar-refractivity contribution >= 4 is 40.9 Å². The summed E-state index contributed by atoms with van der Waals surface area (Å²) in [6.07, 6.45) is 2.30. The molecule has 0 saturated carbocycles. The number of hydrogen-bond acceptors (Lipinski definition) is 1. The van der Waals surface area contributed by atoms with Crippen LogP contribution in [0.15, 0.2) is 47.0 Å². The van der Waals surface area contributed by atoms with E-state index in [0.29, 0.717) is 5.69 Å². The van der Waals surface area contributed by atoms with E-state index in [9.17, 15) is 0 Å². The molecule has 2 aromatic carbocycles. The fourth-order valence-electron chi connectivity index (χ4n) is 4.10. The van der Waals surface area contributed by atoms with Crippen molar-refractivity contribution in [2.45, 2.75) is 33.5 Å². The lowest BCUT2D eigenvalue weighted by molar-refractivity contribution is -0.659. The van der Waals surface area contributed by atoms with Crippen LogP contribution in [0.3, 0.4) is 0 Å². The van der Waals surface area contributed by atoms with E-state index in [1.165, 1.54) is 16.3 Å². The van der Waals surface area contributed by atoms with Gasteiger partial charge < -0.3 is 4.42 Å². The third-order valence-electron chi connectivity index (χ3n) is 5.51. The van der Waals surface area contributed by atoms with E-state index in [0.717, 1.165) is 33.2 Å². The maximum Gasteiger partial charge on any atom is 0.216 e. The summed E-state index contributed by atoms with van der Waals surface area (Å²) in [6.45, 7) is 18.8. The van der Waals surface area contributed by atoms with Crippen LogP contribution in [-0.2, 0) is 7.05 Å². The van der Waals surface area contributed by atoms with Gasteiger partial charge in [0.1, 0.15) is 18.2 Å². The Kier molecular flexibility index (Phi) is 4.17. The van der Waals surface area contributed by atoms with Gasteiger partial charge in [-0.3, -0.25) is 0 Å². The first-order valence-electron chi connectivity index (χ1n) is 9.55. The molecule has 0 aliphatic rings. The second-order valence-electron chi connectivity index (χ2n) is 8.64. The highest BCUT2D eigenvalue weighted by Gasteiger charge is 2.26. The molecule has 0 bridgehead atoms. The zero-order chi connectivity index (χ0) is 20.2. The molecule has 3 nitrogen and oxygen atoms in total. The number of hydrogen-bond donors (Lipinski definition) is 0. The van der Waals surface area contributed by atoms with Gasteiger partial charge in [-0.25, -0.2) is 9.41 Å². The van der Waals surface area contributed by atoms with Gasteiger partial charge in [-0.15, -0.1) is 0 Å². The molecule has 0 saturated heterocycles. The zero-order valence-corrected chi connectivity index (χ0v) is 18.3. The quantitative estimate of drug-likeness (QED) is 0.243. The summed E-state index contributed by atoms with van der Waals surface area (Å²) in [5.74, 6) is 0. The van der Waals surface area contributed by atoms with Crippen LogP contribution in [0.25, 0.3) is 38.0 Å². The van der Waals surface area contributed by atoms with Crippen LogP contribution in [0.5, 0.6) is 0 Å². The smallest absolute Gasteiger partial charge is 0.216 e. The molecular formula is C24H25N2OSi+. The Bertz CT molecular complexity index is 1290. The fraction of sp³-hybridized carbons (Fsp3) is 0.250. The number of fused-ring (bicyclic) bond motifs is 3. The van der Waals surface area contributed by atoms with Crippen molar-refractivity contribution in [2.75, 3.05) is 0 Å². The minimum atomic E-state index is -1.41. The maximum absolute atomic E-state index is 7.27. The average Bonchev–Trinajstić information content (AvgIpc) is 3.00. The minimum absolute atomic E-state index is 0.603. The maximum atomic E-state index is 7.27. The van der Waals surface area contributed by atoms with Crippen LogP contribution in [0.2, 0.25) is 19.6 Å². The fourth-order valence-corrected chi connectivity index (χ4v) is 5.93. The van der Waals surface area contributed by atoms with Crippen molar-refractivity contribution in [3.8, 4) is 11.3 Å². The van der Waals surface area contributed by atoms with Crippen molar-refractivity contribution in [1.29, 1.82) is 0 Å². The molecule has 0 spiro atoms. The Labute approximate surface area is 167 Å². The standard InChI is InChI=1S/C24H25N2OSi/c1-15-8-10-19-18-11-9-17(25-3)13-21(18)27-24(19)23(15)20-12-16(2)22(14-26(20)4)28(5,6)7/h8-14H,1-2,4-7H3/q+1. The molecule has 0 aliphatic heterocycles. The summed E-state index contributed by atoms with van der Waals surface area (Å²) >= 11 is 0. The van der Waals surface area contributed by atoms with Gasteiger partial charge in [-0.05, 0) is 31.0 Å². The molecule has 0 atom stereocenters. The highest BCUT2D eigenvalue weighted by molar-refractivity contribution is 6.88. The summed E-state index contributed by atoms with van der Waals surface area (Å²) in [4.78, 5) is 3.54. The van der Waals surface area contributed by atoms with Gasteiger partial charge in [0.05, 0.1) is 20.2 Å². The third-order valence-corrected chi connectivity index (χ3v) is 7.65. The van der Waals surface area contributed by atoms with Crippen molar-refractivity contribution < 1.29 is 8.98 Å². The lowest BCUT2D eigenvalue weighted by Gasteiger charge is -2.18. The Morgan fingerprint density at radius 3 is 2.36 bits per heavy atom. The molecule has 28 heavy (non-hydrogen) atoms. The summed E-state index contributed by atoms with van der Waals surface area (Å²) in [6, 6.07) is 12.3. The largest absolute Gasteiger partial charge is 0.456 e. The molecule has 140 valence electrons. The molecule has 0 fully saturated rings. The van der Waals surface area contributed by atoms with E-state index in [1.54, 1.807) is 0 Å². The van der Waals surface area contributed by atoms with Crippen LogP contribution < -0.4 is 9.75 Å². The molecule has 0 N–H and O–H groups in total. The molecule has 2 aromatic heterocycles. The molecular weight excluding hydrogens is 360 g/mol. The predicted octanol–water partition coefficient (Wildman–Crippen LogP) is 5.79. The van der Waals surface area contributed by atoms with Crippen molar-refractivity contribution in [2.24, 2.45) is 7.05 Å². The molecule has 0 amide bonds. The number of benzene rings is 2. The van der Waals surface area contributed by atoms with Crippen molar-refractivity contribution in [3.63, 3.8) is 0 Å².